The highest BCUT2D eigenvalue weighted by Crippen LogP contribution is 2.45. The molecule has 0 aliphatic rings. The Morgan fingerprint density at radius 2 is 0.574 bits per heavy atom. The number of carbonyl (C=O) groups excluding carboxylic acids is 4. The Labute approximate surface area is 573 Å². The molecule has 0 aliphatic carbocycles. The van der Waals surface area contributed by atoms with Crippen LogP contribution in [-0.2, 0) is 65.4 Å². The van der Waals surface area contributed by atoms with Gasteiger partial charge in [0.1, 0.15) is 19.3 Å². The number of unbranched alkanes of at least 4 members (excludes halogenated alkanes) is 42. The molecule has 94 heavy (non-hydrogen) atoms. The first kappa shape index (κ1) is 91.5. The maximum absolute atomic E-state index is 13.1. The van der Waals surface area contributed by atoms with Gasteiger partial charge < -0.3 is 33.8 Å². The summed E-state index contributed by atoms with van der Waals surface area (Å²) >= 11 is 0. The predicted octanol–water partition coefficient (Wildman–Crippen LogP) is 21.6. The van der Waals surface area contributed by atoms with E-state index in [1.807, 2.05) is 0 Å². The van der Waals surface area contributed by atoms with Gasteiger partial charge in [0.05, 0.1) is 26.4 Å². The number of phosphoric ester groups is 2. The fourth-order valence-corrected chi connectivity index (χ4v) is 12.6. The molecule has 5 atom stereocenters. The Kier molecular flexibility index (Phi) is 65.9. The summed E-state index contributed by atoms with van der Waals surface area (Å²) < 4.78 is 68.4. The van der Waals surface area contributed by atoms with Gasteiger partial charge in [-0.05, 0) is 57.3 Å². The van der Waals surface area contributed by atoms with Crippen molar-refractivity contribution in [2.24, 2.45) is 5.92 Å². The van der Waals surface area contributed by atoms with E-state index in [0.717, 1.165) is 115 Å². The average molecular weight is 1380 g/mol. The molecule has 0 rings (SSSR count). The van der Waals surface area contributed by atoms with Crippen molar-refractivity contribution in [3.63, 3.8) is 0 Å². The van der Waals surface area contributed by atoms with Crippen molar-refractivity contribution < 1.29 is 80.2 Å². The number of carbonyl (C=O) groups is 4. The van der Waals surface area contributed by atoms with Gasteiger partial charge in [-0.3, -0.25) is 37.3 Å². The van der Waals surface area contributed by atoms with Crippen LogP contribution in [0.15, 0.2) is 24.3 Å². The summed E-state index contributed by atoms with van der Waals surface area (Å²) in [5, 5.41) is 10.6. The molecule has 0 aromatic rings. The highest BCUT2D eigenvalue weighted by molar-refractivity contribution is 7.47. The molecule has 3 N–H and O–H groups in total. The van der Waals surface area contributed by atoms with Crippen LogP contribution in [0.25, 0.3) is 0 Å². The van der Waals surface area contributed by atoms with Gasteiger partial charge in [0.2, 0.25) is 0 Å². The molecule has 554 valence electrons. The predicted molar refractivity (Wildman–Crippen MR) is 381 cm³/mol. The van der Waals surface area contributed by atoms with E-state index in [1.165, 1.54) is 173 Å². The summed E-state index contributed by atoms with van der Waals surface area (Å²) in [5.74, 6) is -1.35. The normalized spacial score (nSPS) is 14.1. The van der Waals surface area contributed by atoms with Crippen LogP contribution in [0.5, 0.6) is 0 Å². The topological polar surface area (TPSA) is 237 Å². The Hall–Kier alpha value is -2.46. The van der Waals surface area contributed by atoms with Gasteiger partial charge in [-0.1, -0.05) is 316 Å². The van der Waals surface area contributed by atoms with Gasteiger partial charge in [0.15, 0.2) is 12.2 Å². The van der Waals surface area contributed by atoms with Crippen LogP contribution in [-0.4, -0.2) is 96.7 Å². The number of phosphoric acid groups is 2. The minimum absolute atomic E-state index is 0.101. The molecule has 17 nitrogen and oxygen atoms in total. The molecule has 0 radical (unpaired) electrons. The van der Waals surface area contributed by atoms with Crippen molar-refractivity contribution in [3.8, 4) is 0 Å². The average Bonchev–Trinajstić information content (AvgIpc) is 1.56. The van der Waals surface area contributed by atoms with E-state index in [4.69, 9.17) is 37.0 Å². The standard InChI is InChI=1S/C75H142O17P2/c1-6-9-12-15-18-21-23-25-27-31-35-39-44-49-54-59-73(78)86-65-71(92-75(80)61-56-51-46-41-36-32-29-26-28-30-33-38-42-47-52-57-68(4)5)67-90-94(83,84)88-63-69(76)62-87-93(81,82)89-66-70(64-85-72(77)58-53-48-43-37-20-17-14-11-8-3)91-74(79)60-55-50-45-40-34-24-22-19-16-13-10-7-2/h21,23,25,27,68-71,76H,6-20,22,24,26,28-67H2,1-5H3,(H,81,82)(H,83,84)/b23-21-,27-25-/t69-,70+,71+/m0/s1. The Bertz CT molecular complexity index is 1900. The first-order chi connectivity index (χ1) is 45.5. The van der Waals surface area contributed by atoms with Gasteiger partial charge in [-0.15, -0.1) is 0 Å². The largest absolute Gasteiger partial charge is 0.472 e. The van der Waals surface area contributed by atoms with Crippen molar-refractivity contribution in [1.29, 1.82) is 0 Å². The van der Waals surface area contributed by atoms with Crippen LogP contribution in [0.2, 0.25) is 0 Å². The molecule has 0 spiro atoms. The number of aliphatic hydroxyl groups excluding tert-OH is 1. The second-order valence-corrected chi connectivity index (χ2v) is 29.7. The van der Waals surface area contributed by atoms with E-state index >= 15 is 0 Å². The number of rotatable bonds is 73. The van der Waals surface area contributed by atoms with E-state index in [1.54, 1.807) is 0 Å². The Morgan fingerprint density at radius 3 is 0.872 bits per heavy atom. The maximum Gasteiger partial charge on any atom is 0.472 e. The SMILES string of the molecule is CCCCCC/C=C\C=C/CCCCCCCC(=O)OC[C@H](COP(=O)(O)OC[C@@H](O)COP(=O)(O)OC[C@@H](COC(=O)CCCCCCCCCCC)OC(=O)CCCCCCCCCCCCCC)OC(=O)CCCCCCCCCCCCCCCCCC(C)C. The lowest BCUT2D eigenvalue weighted by atomic mass is 10.0. The number of hydrogen-bond donors (Lipinski definition) is 3. The van der Waals surface area contributed by atoms with E-state index < -0.39 is 97.5 Å². The van der Waals surface area contributed by atoms with Crippen molar-refractivity contribution in [1.82, 2.24) is 0 Å². The molecular weight excluding hydrogens is 1230 g/mol. The van der Waals surface area contributed by atoms with Crippen LogP contribution >= 0.6 is 15.6 Å². The van der Waals surface area contributed by atoms with E-state index in [9.17, 15) is 43.2 Å². The highest BCUT2D eigenvalue weighted by atomic mass is 31.2. The third kappa shape index (κ3) is 68.1. The Balaban J connectivity index is 5.26. The van der Waals surface area contributed by atoms with Crippen LogP contribution < -0.4 is 0 Å². The van der Waals surface area contributed by atoms with E-state index in [-0.39, 0.29) is 25.7 Å². The zero-order valence-electron chi connectivity index (χ0n) is 60.6. The number of allylic oxidation sites excluding steroid dienone is 4. The van der Waals surface area contributed by atoms with Gasteiger partial charge >= 0.3 is 39.5 Å². The minimum Gasteiger partial charge on any atom is -0.462 e. The molecule has 0 aromatic carbocycles. The van der Waals surface area contributed by atoms with E-state index in [2.05, 4.69) is 58.9 Å². The Morgan fingerprint density at radius 1 is 0.330 bits per heavy atom. The van der Waals surface area contributed by atoms with Crippen LogP contribution in [0, 0.1) is 5.92 Å². The van der Waals surface area contributed by atoms with Gasteiger partial charge in [-0.2, -0.15) is 0 Å². The molecule has 0 amide bonds. The molecule has 0 bridgehead atoms. The molecule has 0 saturated heterocycles. The monoisotopic (exact) mass is 1380 g/mol. The van der Waals surface area contributed by atoms with Gasteiger partial charge in [0, 0.05) is 25.7 Å². The summed E-state index contributed by atoms with van der Waals surface area (Å²) in [7, 11) is -9.92. The summed E-state index contributed by atoms with van der Waals surface area (Å²) in [6.07, 6.45) is 59.0. The molecule has 19 heteroatoms. The molecule has 0 aromatic heterocycles. The second-order valence-electron chi connectivity index (χ2n) is 26.8. The van der Waals surface area contributed by atoms with Crippen LogP contribution in [0.1, 0.15) is 369 Å². The lowest BCUT2D eigenvalue weighted by Crippen LogP contribution is -2.30. The number of aliphatic hydroxyl groups is 1. The fourth-order valence-electron chi connectivity index (χ4n) is 11.0. The summed E-state index contributed by atoms with van der Waals surface area (Å²) in [5.41, 5.74) is 0. The molecular formula is C75H142O17P2. The number of ether oxygens (including phenoxy) is 4. The summed E-state index contributed by atoms with van der Waals surface area (Å²) in [6, 6.07) is 0. The maximum atomic E-state index is 13.1. The second kappa shape index (κ2) is 67.7. The lowest BCUT2D eigenvalue weighted by Gasteiger charge is -2.21. The summed E-state index contributed by atoms with van der Waals surface area (Å²) in [6.45, 7) is 7.23. The zero-order valence-corrected chi connectivity index (χ0v) is 62.4. The molecule has 0 aliphatic heterocycles. The zero-order chi connectivity index (χ0) is 69.1. The van der Waals surface area contributed by atoms with Crippen LogP contribution in [0.3, 0.4) is 0 Å². The first-order valence-electron chi connectivity index (χ1n) is 38.5. The number of hydrogen-bond acceptors (Lipinski definition) is 15. The highest BCUT2D eigenvalue weighted by Gasteiger charge is 2.30. The fraction of sp³-hybridized carbons (Fsp3) is 0.893. The molecule has 2 unspecified atom stereocenters. The molecule has 0 fully saturated rings. The lowest BCUT2D eigenvalue weighted by molar-refractivity contribution is -0.161. The van der Waals surface area contributed by atoms with Crippen molar-refractivity contribution >= 4 is 39.5 Å². The third-order valence-corrected chi connectivity index (χ3v) is 18.8. The van der Waals surface area contributed by atoms with Gasteiger partial charge in [-0.25, -0.2) is 9.13 Å². The molecule has 0 heterocycles. The smallest absolute Gasteiger partial charge is 0.462 e. The van der Waals surface area contributed by atoms with E-state index in [0.29, 0.717) is 25.7 Å². The van der Waals surface area contributed by atoms with Gasteiger partial charge in [0.25, 0.3) is 0 Å². The summed E-state index contributed by atoms with van der Waals surface area (Å²) in [4.78, 5) is 72.7. The first-order valence-corrected chi connectivity index (χ1v) is 41.4. The van der Waals surface area contributed by atoms with Crippen molar-refractivity contribution in [2.45, 2.75) is 387 Å². The van der Waals surface area contributed by atoms with Crippen molar-refractivity contribution in [2.75, 3.05) is 39.6 Å². The number of esters is 4. The quantitative estimate of drug-likeness (QED) is 0.0169. The third-order valence-electron chi connectivity index (χ3n) is 16.9. The van der Waals surface area contributed by atoms with Crippen molar-refractivity contribution in [3.05, 3.63) is 24.3 Å². The minimum atomic E-state index is -4.96. The molecule has 0 saturated carbocycles. The van der Waals surface area contributed by atoms with Crippen LogP contribution in [0.4, 0.5) is 0 Å².